The van der Waals surface area contributed by atoms with Crippen molar-refractivity contribution >= 4 is 34.3 Å². The number of benzene rings is 3. The Morgan fingerprint density at radius 2 is 1.74 bits per heavy atom. The second kappa shape index (κ2) is 10.0. The molecule has 1 heterocycles. The first-order chi connectivity index (χ1) is 16.4. The van der Waals surface area contributed by atoms with Crippen LogP contribution in [0.15, 0.2) is 70.6 Å². The van der Waals surface area contributed by atoms with Gasteiger partial charge in [0.15, 0.2) is 5.16 Å². The van der Waals surface area contributed by atoms with E-state index in [0.29, 0.717) is 33.2 Å². The number of hydrogen-bond donors (Lipinski definition) is 1. The maximum absolute atomic E-state index is 13.4. The van der Waals surface area contributed by atoms with Gasteiger partial charge in [-0.15, -0.1) is 0 Å². The monoisotopic (exact) mass is 475 g/mol. The highest BCUT2D eigenvalue weighted by atomic mass is 32.2. The van der Waals surface area contributed by atoms with E-state index < -0.39 is 0 Å². The van der Waals surface area contributed by atoms with Gasteiger partial charge in [-0.3, -0.25) is 14.2 Å². The lowest BCUT2D eigenvalue weighted by molar-refractivity contribution is -0.113. The molecular weight excluding hydrogens is 450 g/mol. The Bertz CT molecular complexity index is 1410. The summed E-state index contributed by atoms with van der Waals surface area (Å²) in [6.45, 7) is 3.97. The quantitative estimate of drug-likeness (QED) is 0.307. The Morgan fingerprint density at radius 1 is 1.00 bits per heavy atom. The van der Waals surface area contributed by atoms with Gasteiger partial charge in [0.25, 0.3) is 5.56 Å². The topological polar surface area (TPSA) is 82.5 Å². The van der Waals surface area contributed by atoms with E-state index in [2.05, 4.69) is 5.32 Å². The average molecular weight is 476 g/mol. The van der Waals surface area contributed by atoms with Crippen molar-refractivity contribution in [2.24, 2.45) is 0 Å². The number of carbonyl (C=O) groups is 1. The van der Waals surface area contributed by atoms with E-state index in [4.69, 9.17) is 14.5 Å². The number of nitrogens with one attached hydrogen (secondary N) is 1. The lowest BCUT2D eigenvalue weighted by Gasteiger charge is -2.15. The van der Waals surface area contributed by atoms with Crippen molar-refractivity contribution in [1.29, 1.82) is 0 Å². The van der Waals surface area contributed by atoms with Crippen molar-refractivity contribution < 1.29 is 14.3 Å². The Balaban J connectivity index is 1.66. The fraction of sp³-hybridized carbons (Fsp3) is 0.192. The van der Waals surface area contributed by atoms with Gasteiger partial charge in [0.2, 0.25) is 5.91 Å². The number of para-hydroxylation sites is 1. The number of hydrogen-bond acceptors (Lipinski definition) is 6. The second-order valence-corrected chi connectivity index (χ2v) is 8.74. The van der Waals surface area contributed by atoms with Crippen LogP contribution in [0, 0.1) is 13.8 Å². The number of thioether (sulfide) groups is 1. The zero-order valence-electron chi connectivity index (χ0n) is 19.4. The summed E-state index contributed by atoms with van der Waals surface area (Å²) >= 11 is 1.21. The Hall–Kier alpha value is -3.78. The van der Waals surface area contributed by atoms with Gasteiger partial charge in [-0.05, 0) is 61.4 Å². The van der Waals surface area contributed by atoms with Gasteiger partial charge >= 0.3 is 0 Å². The van der Waals surface area contributed by atoms with Gasteiger partial charge in [0.1, 0.15) is 11.5 Å². The molecule has 174 valence electrons. The molecule has 4 rings (SSSR count). The molecule has 0 spiro atoms. The summed E-state index contributed by atoms with van der Waals surface area (Å²) < 4.78 is 12.1. The smallest absolute Gasteiger partial charge is 0.266 e. The highest BCUT2D eigenvalue weighted by Gasteiger charge is 2.16. The van der Waals surface area contributed by atoms with Crippen molar-refractivity contribution in [2.45, 2.75) is 19.0 Å². The molecule has 0 aliphatic carbocycles. The van der Waals surface area contributed by atoms with Crippen LogP contribution in [-0.4, -0.2) is 35.4 Å². The zero-order valence-corrected chi connectivity index (χ0v) is 20.2. The fourth-order valence-electron chi connectivity index (χ4n) is 3.73. The number of carbonyl (C=O) groups excluding carboxylic acids is 1. The molecule has 0 atom stereocenters. The highest BCUT2D eigenvalue weighted by molar-refractivity contribution is 7.99. The first-order valence-corrected chi connectivity index (χ1v) is 11.6. The van der Waals surface area contributed by atoms with E-state index in [1.807, 2.05) is 44.2 Å². The molecule has 0 aliphatic heterocycles. The van der Waals surface area contributed by atoms with Crippen LogP contribution in [0.4, 0.5) is 5.69 Å². The maximum atomic E-state index is 13.4. The standard InChI is InChI=1S/C26H25N3O4S/c1-16-11-17(2)13-18(12-16)29-25(31)20-7-5-6-8-21(20)28-26(29)34-15-24(30)27-22-10-9-19(32-3)14-23(22)33-4/h5-14H,15H2,1-4H3,(H,27,30). The van der Waals surface area contributed by atoms with Crippen LogP contribution in [0.5, 0.6) is 11.5 Å². The molecule has 1 aromatic heterocycles. The summed E-state index contributed by atoms with van der Waals surface area (Å²) in [7, 11) is 3.09. The van der Waals surface area contributed by atoms with E-state index in [-0.39, 0.29) is 17.2 Å². The molecule has 4 aromatic rings. The minimum atomic E-state index is -0.247. The first-order valence-electron chi connectivity index (χ1n) is 10.6. The summed E-state index contributed by atoms with van der Waals surface area (Å²) in [4.78, 5) is 30.9. The maximum Gasteiger partial charge on any atom is 0.266 e. The normalized spacial score (nSPS) is 10.8. The SMILES string of the molecule is COc1ccc(NC(=O)CSc2nc3ccccc3c(=O)n2-c2cc(C)cc(C)c2)c(OC)c1. The number of nitrogens with zero attached hydrogens (tertiary/aromatic N) is 2. The van der Waals surface area contributed by atoms with Crippen LogP contribution in [0.1, 0.15) is 11.1 Å². The van der Waals surface area contributed by atoms with Crippen LogP contribution < -0.4 is 20.3 Å². The van der Waals surface area contributed by atoms with Crippen LogP contribution >= 0.6 is 11.8 Å². The minimum Gasteiger partial charge on any atom is -0.497 e. The number of anilines is 1. The number of ether oxygens (including phenoxy) is 2. The van der Waals surface area contributed by atoms with Gasteiger partial charge in [0.05, 0.1) is 42.3 Å². The number of methoxy groups -OCH3 is 2. The summed E-state index contributed by atoms with van der Waals surface area (Å²) in [5.74, 6) is 0.934. The van der Waals surface area contributed by atoms with Crippen LogP contribution in [-0.2, 0) is 4.79 Å². The fourth-order valence-corrected chi connectivity index (χ4v) is 4.55. The van der Waals surface area contributed by atoms with Gasteiger partial charge in [0, 0.05) is 6.07 Å². The van der Waals surface area contributed by atoms with Crippen LogP contribution in [0.25, 0.3) is 16.6 Å². The lowest BCUT2D eigenvalue weighted by atomic mass is 10.1. The summed E-state index contributed by atoms with van der Waals surface area (Å²) in [6.07, 6.45) is 0. The van der Waals surface area contributed by atoms with Gasteiger partial charge in [-0.2, -0.15) is 0 Å². The van der Waals surface area contributed by atoms with E-state index in [1.54, 1.807) is 42.0 Å². The molecule has 7 nitrogen and oxygen atoms in total. The molecular formula is C26H25N3O4S. The molecule has 0 unspecified atom stereocenters. The molecule has 0 bridgehead atoms. The third kappa shape index (κ3) is 4.92. The molecule has 0 aliphatic rings. The molecule has 0 saturated heterocycles. The minimum absolute atomic E-state index is 0.0603. The largest absolute Gasteiger partial charge is 0.497 e. The molecule has 1 amide bonds. The molecule has 0 radical (unpaired) electrons. The summed E-state index contributed by atoms with van der Waals surface area (Å²) in [5, 5.41) is 3.83. The van der Waals surface area contributed by atoms with Crippen LogP contribution in [0.2, 0.25) is 0 Å². The van der Waals surface area contributed by atoms with Crippen molar-refractivity contribution in [3.8, 4) is 17.2 Å². The number of aromatic nitrogens is 2. The van der Waals surface area contributed by atoms with E-state index in [1.165, 1.54) is 18.9 Å². The Labute approximate surface area is 201 Å². The van der Waals surface area contributed by atoms with Crippen molar-refractivity contribution in [3.63, 3.8) is 0 Å². The van der Waals surface area contributed by atoms with Gasteiger partial charge in [-0.1, -0.05) is 30.0 Å². The van der Waals surface area contributed by atoms with E-state index >= 15 is 0 Å². The van der Waals surface area contributed by atoms with Crippen molar-refractivity contribution in [3.05, 3.63) is 82.1 Å². The summed E-state index contributed by atoms with van der Waals surface area (Å²) in [6, 6.07) is 18.3. The van der Waals surface area contributed by atoms with Crippen molar-refractivity contribution in [1.82, 2.24) is 9.55 Å². The molecule has 34 heavy (non-hydrogen) atoms. The Kier molecular flexibility index (Phi) is 6.88. The molecule has 1 N–H and O–H groups in total. The zero-order chi connectivity index (χ0) is 24.2. The first kappa shape index (κ1) is 23.4. The van der Waals surface area contributed by atoms with Gasteiger partial charge in [-0.25, -0.2) is 4.98 Å². The number of rotatable bonds is 7. The predicted molar refractivity (Wildman–Crippen MR) is 136 cm³/mol. The third-order valence-corrected chi connectivity index (χ3v) is 6.16. The Morgan fingerprint density at radius 3 is 2.44 bits per heavy atom. The highest BCUT2D eigenvalue weighted by Crippen LogP contribution is 2.29. The molecule has 8 heteroatoms. The van der Waals surface area contributed by atoms with E-state index in [0.717, 1.165) is 16.8 Å². The summed E-state index contributed by atoms with van der Waals surface area (Å²) in [5.41, 5.74) is 3.75. The number of amides is 1. The number of aryl methyl sites for hydroxylation is 2. The van der Waals surface area contributed by atoms with Gasteiger partial charge < -0.3 is 14.8 Å². The number of fused-ring (bicyclic) bond motifs is 1. The molecule has 0 saturated carbocycles. The lowest BCUT2D eigenvalue weighted by Crippen LogP contribution is -2.23. The van der Waals surface area contributed by atoms with E-state index in [9.17, 15) is 9.59 Å². The predicted octanol–water partition coefficient (Wildman–Crippen LogP) is 4.75. The molecule has 3 aromatic carbocycles. The second-order valence-electron chi connectivity index (χ2n) is 7.80. The average Bonchev–Trinajstić information content (AvgIpc) is 2.82. The van der Waals surface area contributed by atoms with Crippen LogP contribution in [0.3, 0.4) is 0 Å². The molecule has 0 fully saturated rings. The third-order valence-electron chi connectivity index (χ3n) is 5.22. The van der Waals surface area contributed by atoms with Crippen molar-refractivity contribution in [2.75, 3.05) is 25.3 Å².